The van der Waals surface area contributed by atoms with Crippen molar-refractivity contribution in [3.05, 3.63) is 35.6 Å². The second-order valence-electron chi connectivity index (χ2n) is 6.25. The van der Waals surface area contributed by atoms with Crippen molar-refractivity contribution in [2.75, 3.05) is 19.6 Å². The Kier molecular flexibility index (Phi) is 8.40. The fourth-order valence-corrected chi connectivity index (χ4v) is 2.28. The zero-order chi connectivity index (χ0) is 18.1. The van der Waals surface area contributed by atoms with Crippen LogP contribution in [0.2, 0.25) is 0 Å². The van der Waals surface area contributed by atoms with Crippen molar-refractivity contribution in [2.24, 2.45) is 11.7 Å². The van der Waals surface area contributed by atoms with Crippen molar-refractivity contribution in [1.82, 2.24) is 10.2 Å². The van der Waals surface area contributed by atoms with Crippen molar-refractivity contribution in [3.8, 4) is 0 Å². The van der Waals surface area contributed by atoms with Gasteiger partial charge in [0.15, 0.2) is 0 Å². The Balaban J connectivity index is 2.54. The Hall–Kier alpha value is -1.95. The maximum atomic E-state index is 13.2. The molecule has 3 N–H and O–H groups in total. The van der Waals surface area contributed by atoms with E-state index in [-0.39, 0.29) is 30.1 Å². The van der Waals surface area contributed by atoms with Gasteiger partial charge in [0.2, 0.25) is 11.8 Å². The zero-order valence-electron chi connectivity index (χ0n) is 14.7. The van der Waals surface area contributed by atoms with E-state index < -0.39 is 6.04 Å². The summed E-state index contributed by atoms with van der Waals surface area (Å²) >= 11 is 0. The number of nitrogens with zero attached hydrogens (tertiary/aromatic N) is 1. The Morgan fingerprint density at radius 2 is 2.00 bits per heavy atom. The molecule has 0 aromatic heterocycles. The van der Waals surface area contributed by atoms with Crippen LogP contribution in [0.15, 0.2) is 24.3 Å². The minimum atomic E-state index is -0.621. The Bertz CT molecular complexity index is 549. The molecular weight excluding hydrogens is 309 g/mol. The second kappa shape index (κ2) is 10.0. The lowest BCUT2D eigenvalue weighted by Crippen LogP contribution is -2.48. The highest BCUT2D eigenvalue weighted by Gasteiger charge is 2.19. The van der Waals surface area contributed by atoms with Crippen LogP contribution in [0.4, 0.5) is 4.39 Å². The van der Waals surface area contributed by atoms with Crippen LogP contribution in [0.5, 0.6) is 0 Å². The van der Waals surface area contributed by atoms with Crippen LogP contribution in [0.25, 0.3) is 0 Å². The fraction of sp³-hybridized carbons (Fsp3) is 0.556. The van der Waals surface area contributed by atoms with Gasteiger partial charge in [-0.1, -0.05) is 32.9 Å². The molecule has 1 rings (SSSR count). The SMILES string of the molecule is CCCN(CCc1cccc(F)c1)C(=O)CNC(=O)[C@@H](N)C(C)C. The minimum absolute atomic E-state index is 0.0137. The number of nitrogens with one attached hydrogen (secondary N) is 1. The maximum absolute atomic E-state index is 13.2. The van der Waals surface area contributed by atoms with Gasteiger partial charge in [0, 0.05) is 13.1 Å². The van der Waals surface area contributed by atoms with Crippen LogP contribution < -0.4 is 11.1 Å². The molecule has 24 heavy (non-hydrogen) atoms. The smallest absolute Gasteiger partial charge is 0.241 e. The first-order chi connectivity index (χ1) is 11.3. The lowest BCUT2D eigenvalue weighted by atomic mass is 10.1. The maximum Gasteiger partial charge on any atom is 0.241 e. The molecule has 0 radical (unpaired) electrons. The molecule has 1 atom stereocenters. The van der Waals surface area contributed by atoms with Gasteiger partial charge < -0.3 is 16.0 Å². The zero-order valence-corrected chi connectivity index (χ0v) is 14.7. The van der Waals surface area contributed by atoms with E-state index in [1.54, 1.807) is 11.0 Å². The Labute approximate surface area is 143 Å². The van der Waals surface area contributed by atoms with Crippen LogP contribution in [-0.4, -0.2) is 42.4 Å². The van der Waals surface area contributed by atoms with Crippen molar-refractivity contribution < 1.29 is 14.0 Å². The molecule has 134 valence electrons. The molecule has 0 aliphatic rings. The second-order valence-corrected chi connectivity index (χ2v) is 6.25. The van der Waals surface area contributed by atoms with Crippen molar-refractivity contribution in [3.63, 3.8) is 0 Å². The van der Waals surface area contributed by atoms with Gasteiger partial charge in [-0.25, -0.2) is 4.39 Å². The standard InChI is InChI=1S/C18H28FN3O2/c1-4-9-22(10-8-14-6-5-7-15(19)11-14)16(23)12-21-18(24)17(20)13(2)3/h5-7,11,13,17H,4,8-10,12,20H2,1-3H3,(H,21,24)/t17-/m0/s1. The van der Waals surface area contributed by atoms with E-state index in [0.29, 0.717) is 19.5 Å². The molecule has 0 aliphatic carbocycles. The van der Waals surface area contributed by atoms with Gasteiger partial charge in [-0.2, -0.15) is 0 Å². The number of rotatable bonds is 9. The molecule has 0 heterocycles. The van der Waals surface area contributed by atoms with Gasteiger partial charge in [-0.05, 0) is 36.5 Å². The average molecular weight is 337 g/mol. The molecule has 0 saturated heterocycles. The van der Waals surface area contributed by atoms with Gasteiger partial charge in [0.1, 0.15) is 5.82 Å². The Morgan fingerprint density at radius 1 is 1.29 bits per heavy atom. The van der Waals surface area contributed by atoms with Crippen LogP contribution in [0.1, 0.15) is 32.8 Å². The predicted octanol–water partition coefficient (Wildman–Crippen LogP) is 1.71. The molecule has 0 fully saturated rings. The van der Waals surface area contributed by atoms with E-state index in [4.69, 9.17) is 5.73 Å². The third-order valence-electron chi connectivity index (χ3n) is 3.84. The molecule has 5 nitrogen and oxygen atoms in total. The molecule has 0 saturated carbocycles. The van der Waals surface area contributed by atoms with Crippen molar-refractivity contribution in [2.45, 2.75) is 39.7 Å². The number of hydrogen-bond donors (Lipinski definition) is 2. The highest BCUT2D eigenvalue weighted by atomic mass is 19.1. The van der Waals surface area contributed by atoms with E-state index in [0.717, 1.165) is 12.0 Å². The highest BCUT2D eigenvalue weighted by molar-refractivity contribution is 5.87. The molecule has 1 aromatic carbocycles. The van der Waals surface area contributed by atoms with Crippen LogP contribution >= 0.6 is 0 Å². The summed E-state index contributed by atoms with van der Waals surface area (Å²) in [5.41, 5.74) is 6.60. The lowest BCUT2D eigenvalue weighted by molar-refractivity contribution is -0.133. The van der Waals surface area contributed by atoms with Crippen LogP contribution in [0.3, 0.4) is 0 Å². The third-order valence-corrected chi connectivity index (χ3v) is 3.84. The first kappa shape index (κ1) is 20.1. The number of nitrogens with two attached hydrogens (primary N) is 1. The van der Waals surface area contributed by atoms with E-state index in [9.17, 15) is 14.0 Å². The largest absolute Gasteiger partial charge is 0.346 e. The van der Waals surface area contributed by atoms with Gasteiger partial charge in [0.05, 0.1) is 12.6 Å². The third kappa shape index (κ3) is 6.66. The molecule has 0 aliphatic heterocycles. The molecule has 0 bridgehead atoms. The lowest BCUT2D eigenvalue weighted by Gasteiger charge is -2.23. The number of carbonyl (C=O) groups excluding carboxylic acids is 2. The van der Waals surface area contributed by atoms with Crippen molar-refractivity contribution >= 4 is 11.8 Å². The van der Waals surface area contributed by atoms with E-state index in [1.165, 1.54) is 12.1 Å². The average Bonchev–Trinajstić information content (AvgIpc) is 2.55. The Morgan fingerprint density at radius 3 is 2.58 bits per heavy atom. The van der Waals surface area contributed by atoms with E-state index >= 15 is 0 Å². The van der Waals surface area contributed by atoms with Gasteiger partial charge in [-0.3, -0.25) is 9.59 Å². The molecule has 0 spiro atoms. The first-order valence-corrected chi connectivity index (χ1v) is 8.40. The molecule has 2 amide bonds. The monoisotopic (exact) mass is 337 g/mol. The molecular formula is C18H28FN3O2. The van der Waals surface area contributed by atoms with Gasteiger partial charge in [-0.15, -0.1) is 0 Å². The normalized spacial score (nSPS) is 12.1. The van der Waals surface area contributed by atoms with E-state index in [2.05, 4.69) is 5.32 Å². The summed E-state index contributed by atoms with van der Waals surface area (Å²) in [6.07, 6.45) is 1.39. The summed E-state index contributed by atoms with van der Waals surface area (Å²) in [5.74, 6) is -0.742. The quantitative estimate of drug-likeness (QED) is 0.720. The number of benzene rings is 1. The minimum Gasteiger partial charge on any atom is -0.346 e. The summed E-state index contributed by atoms with van der Waals surface area (Å²) in [7, 11) is 0. The number of hydrogen-bond acceptors (Lipinski definition) is 3. The van der Waals surface area contributed by atoms with Gasteiger partial charge in [0.25, 0.3) is 0 Å². The molecule has 6 heteroatoms. The summed E-state index contributed by atoms with van der Waals surface area (Å²) in [5, 5.41) is 2.59. The molecule has 1 aromatic rings. The number of amides is 2. The van der Waals surface area contributed by atoms with Crippen LogP contribution in [0, 0.1) is 11.7 Å². The summed E-state index contributed by atoms with van der Waals surface area (Å²) < 4.78 is 13.2. The summed E-state index contributed by atoms with van der Waals surface area (Å²) in [4.78, 5) is 25.8. The first-order valence-electron chi connectivity index (χ1n) is 8.40. The number of halogens is 1. The summed E-state index contributed by atoms with van der Waals surface area (Å²) in [6.45, 7) is 6.71. The fourth-order valence-electron chi connectivity index (χ4n) is 2.28. The topological polar surface area (TPSA) is 75.4 Å². The highest BCUT2D eigenvalue weighted by Crippen LogP contribution is 2.06. The number of carbonyl (C=O) groups is 2. The van der Waals surface area contributed by atoms with E-state index in [1.807, 2.05) is 26.8 Å². The van der Waals surface area contributed by atoms with Gasteiger partial charge >= 0.3 is 0 Å². The molecule has 0 unspecified atom stereocenters. The predicted molar refractivity (Wildman–Crippen MR) is 92.8 cm³/mol. The van der Waals surface area contributed by atoms with Crippen molar-refractivity contribution in [1.29, 1.82) is 0 Å². The summed E-state index contributed by atoms with van der Waals surface area (Å²) in [6, 6.07) is 5.74. The van der Waals surface area contributed by atoms with Crippen LogP contribution in [-0.2, 0) is 16.0 Å².